The maximum atomic E-state index is 11.8. The number of nitrogens with zero attached hydrogens (tertiary/aromatic N) is 2. The van der Waals surface area contributed by atoms with Gasteiger partial charge in [-0.2, -0.15) is 0 Å². The minimum absolute atomic E-state index is 0.276. The van der Waals surface area contributed by atoms with Crippen molar-refractivity contribution in [3.05, 3.63) is 48.3 Å². The molecule has 0 aliphatic rings. The molecule has 0 unspecified atom stereocenters. The number of carbonyl (C=O) groups excluding carboxylic acids is 1. The molecule has 4 heteroatoms. The molecule has 2 rings (SSSR count). The third-order valence-electron chi connectivity index (χ3n) is 2.93. The molecule has 104 valence electrons. The van der Waals surface area contributed by atoms with Crippen LogP contribution in [-0.4, -0.2) is 22.5 Å². The molecular formula is C16H18N2O2. The smallest absolute Gasteiger partial charge is 0.338 e. The van der Waals surface area contributed by atoms with E-state index >= 15 is 0 Å². The summed E-state index contributed by atoms with van der Waals surface area (Å²) in [7, 11) is 0. The number of ether oxygens (including phenoxy) is 1. The molecule has 0 atom stereocenters. The molecule has 1 aromatic carbocycles. The van der Waals surface area contributed by atoms with Gasteiger partial charge in [-0.1, -0.05) is 31.9 Å². The molecule has 0 aliphatic heterocycles. The van der Waals surface area contributed by atoms with Crippen molar-refractivity contribution in [1.29, 1.82) is 0 Å². The van der Waals surface area contributed by atoms with Gasteiger partial charge in [0.15, 0.2) is 5.82 Å². The molecule has 4 nitrogen and oxygen atoms in total. The van der Waals surface area contributed by atoms with Crippen LogP contribution in [0.1, 0.15) is 36.5 Å². The first-order valence-corrected chi connectivity index (χ1v) is 6.86. The van der Waals surface area contributed by atoms with Crippen LogP contribution in [0.2, 0.25) is 0 Å². The molecule has 0 bridgehead atoms. The van der Waals surface area contributed by atoms with Crippen LogP contribution in [0.15, 0.2) is 42.7 Å². The Morgan fingerprint density at radius 1 is 1.10 bits per heavy atom. The van der Waals surface area contributed by atoms with Gasteiger partial charge < -0.3 is 4.74 Å². The van der Waals surface area contributed by atoms with Crippen molar-refractivity contribution in [2.75, 3.05) is 6.61 Å². The average Bonchev–Trinajstić information content (AvgIpc) is 2.52. The van der Waals surface area contributed by atoms with Gasteiger partial charge in [-0.05, 0) is 24.6 Å². The zero-order valence-electron chi connectivity index (χ0n) is 11.6. The van der Waals surface area contributed by atoms with Crippen LogP contribution in [0.25, 0.3) is 11.4 Å². The van der Waals surface area contributed by atoms with Crippen molar-refractivity contribution in [2.45, 2.75) is 26.2 Å². The van der Waals surface area contributed by atoms with E-state index in [1.165, 1.54) is 0 Å². The van der Waals surface area contributed by atoms with Crippen molar-refractivity contribution < 1.29 is 9.53 Å². The van der Waals surface area contributed by atoms with E-state index in [1.807, 2.05) is 12.1 Å². The Bertz CT molecular complexity index is 538. The van der Waals surface area contributed by atoms with Crippen molar-refractivity contribution in [1.82, 2.24) is 9.97 Å². The zero-order chi connectivity index (χ0) is 14.2. The monoisotopic (exact) mass is 270 g/mol. The molecule has 0 saturated carbocycles. The zero-order valence-corrected chi connectivity index (χ0v) is 11.6. The lowest BCUT2D eigenvalue weighted by Crippen LogP contribution is -2.06. The first kappa shape index (κ1) is 14.2. The molecule has 20 heavy (non-hydrogen) atoms. The summed E-state index contributed by atoms with van der Waals surface area (Å²) in [5, 5.41) is 0. The topological polar surface area (TPSA) is 52.1 Å². The minimum Gasteiger partial charge on any atom is -0.462 e. The Labute approximate surface area is 118 Å². The maximum Gasteiger partial charge on any atom is 0.338 e. The first-order chi connectivity index (χ1) is 9.81. The molecule has 1 aromatic heterocycles. The van der Waals surface area contributed by atoms with Crippen LogP contribution in [0.4, 0.5) is 0 Å². The highest BCUT2D eigenvalue weighted by Crippen LogP contribution is 2.15. The fourth-order valence-corrected chi connectivity index (χ4v) is 1.80. The summed E-state index contributed by atoms with van der Waals surface area (Å²) in [6.45, 7) is 2.60. The van der Waals surface area contributed by atoms with E-state index in [2.05, 4.69) is 16.9 Å². The molecule has 0 aliphatic carbocycles. The Hall–Kier alpha value is -2.23. The van der Waals surface area contributed by atoms with E-state index < -0.39 is 0 Å². The van der Waals surface area contributed by atoms with Gasteiger partial charge in [0.1, 0.15) is 0 Å². The lowest BCUT2D eigenvalue weighted by molar-refractivity contribution is 0.0498. The highest BCUT2D eigenvalue weighted by atomic mass is 16.5. The number of unbranched alkanes of at least 4 members (excludes halogenated alkanes) is 2. The van der Waals surface area contributed by atoms with Gasteiger partial charge >= 0.3 is 5.97 Å². The number of esters is 1. The number of carbonyl (C=O) groups is 1. The Morgan fingerprint density at radius 3 is 2.45 bits per heavy atom. The summed E-state index contributed by atoms with van der Waals surface area (Å²) >= 11 is 0. The summed E-state index contributed by atoms with van der Waals surface area (Å²) in [4.78, 5) is 20.1. The quantitative estimate of drug-likeness (QED) is 0.595. The summed E-state index contributed by atoms with van der Waals surface area (Å²) in [5.74, 6) is 0.372. The van der Waals surface area contributed by atoms with Crippen molar-refractivity contribution in [3.8, 4) is 11.4 Å². The molecular weight excluding hydrogens is 252 g/mol. The molecule has 0 N–H and O–H groups in total. The lowest BCUT2D eigenvalue weighted by Gasteiger charge is -2.05. The first-order valence-electron chi connectivity index (χ1n) is 6.86. The van der Waals surface area contributed by atoms with Gasteiger partial charge in [0, 0.05) is 18.0 Å². The van der Waals surface area contributed by atoms with Crippen LogP contribution >= 0.6 is 0 Å². The van der Waals surface area contributed by atoms with E-state index in [0.29, 0.717) is 18.0 Å². The highest BCUT2D eigenvalue weighted by molar-refractivity contribution is 5.89. The van der Waals surface area contributed by atoms with Crippen molar-refractivity contribution >= 4 is 5.97 Å². The normalized spacial score (nSPS) is 10.2. The third kappa shape index (κ3) is 3.88. The van der Waals surface area contributed by atoms with Crippen LogP contribution < -0.4 is 0 Å². The Kier molecular flexibility index (Phi) is 5.24. The van der Waals surface area contributed by atoms with Gasteiger partial charge in [0.05, 0.1) is 12.2 Å². The SMILES string of the molecule is CCCCCOC(=O)c1ccc(-c2ncccn2)cc1. The number of rotatable bonds is 6. The molecule has 2 aromatic rings. The highest BCUT2D eigenvalue weighted by Gasteiger charge is 2.07. The largest absolute Gasteiger partial charge is 0.462 e. The van der Waals surface area contributed by atoms with Gasteiger partial charge in [0.2, 0.25) is 0 Å². The molecule has 1 heterocycles. The number of hydrogen-bond acceptors (Lipinski definition) is 4. The Morgan fingerprint density at radius 2 is 1.80 bits per heavy atom. The molecule has 0 amide bonds. The molecule has 0 saturated heterocycles. The molecule has 0 spiro atoms. The van der Waals surface area contributed by atoms with E-state index in [-0.39, 0.29) is 5.97 Å². The lowest BCUT2D eigenvalue weighted by atomic mass is 10.1. The van der Waals surface area contributed by atoms with Crippen LogP contribution in [0.3, 0.4) is 0 Å². The second-order valence-electron chi connectivity index (χ2n) is 4.49. The number of hydrogen-bond donors (Lipinski definition) is 0. The standard InChI is InChI=1S/C16H18N2O2/c1-2-3-4-12-20-16(19)14-8-6-13(7-9-14)15-17-10-5-11-18-15/h5-11H,2-4,12H2,1H3. The summed E-state index contributed by atoms with van der Waals surface area (Å²) < 4.78 is 5.21. The number of aromatic nitrogens is 2. The van der Waals surface area contributed by atoms with Gasteiger partial charge in [-0.25, -0.2) is 14.8 Å². The van der Waals surface area contributed by atoms with E-state index in [4.69, 9.17) is 4.74 Å². The Balaban J connectivity index is 1.96. The minimum atomic E-state index is -0.276. The second kappa shape index (κ2) is 7.38. The van der Waals surface area contributed by atoms with Crippen LogP contribution in [0, 0.1) is 0 Å². The van der Waals surface area contributed by atoms with E-state index in [1.54, 1.807) is 30.6 Å². The van der Waals surface area contributed by atoms with Crippen molar-refractivity contribution in [3.63, 3.8) is 0 Å². The summed E-state index contributed by atoms with van der Waals surface area (Å²) in [6, 6.07) is 8.92. The van der Waals surface area contributed by atoms with Crippen LogP contribution in [0.5, 0.6) is 0 Å². The summed E-state index contributed by atoms with van der Waals surface area (Å²) in [5.41, 5.74) is 1.44. The summed E-state index contributed by atoms with van der Waals surface area (Å²) in [6.07, 6.45) is 6.50. The number of benzene rings is 1. The predicted molar refractivity (Wildman–Crippen MR) is 77.3 cm³/mol. The van der Waals surface area contributed by atoms with Crippen molar-refractivity contribution in [2.24, 2.45) is 0 Å². The fourth-order valence-electron chi connectivity index (χ4n) is 1.80. The average molecular weight is 270 g/mol. The molecule has 0 fully saturated rings. The second-order valence-corrected chi connectivity index (χ2v) is 4.49. The van der Waals surface area contributed by atoms with Gasteiger partial charge in [-0.3, -0.25) is 0 Å². The third-order valence-corrected chi connectivity index (χ3v) is 2.93. The fraction of sp³-hybridized carbons (Fsp3) is 0.312. The van der Waals surface area contributed by atoms with Gasteiger partial charge in [0.25, 0.3) is 0 Å². The van der Waals surface area contributed by atoms with E-state index in [0.717, 1.165) is 24.8 Å². The predicted octanol–water partition coefficient (Wildman–Crippen LogP) is 3.49. The maximum absolute atomic E-state index is 11.8. The van der Waals surface area contributed by atoms with Crippen LogP contribution in [-0.2, 0) is 4.74 Å². The molecule has 0 radical (unpaired) electrons. The van der Waals surface area contributed by atoms with Gasteiger partial charge in [-0.15, -0.1) is 0 Å². The van der Waals surface area contributed by atoms with E-state index in [9.17, 15) is 4.79 Å².